The van der Waals surface area contributed by atoms with E-state index in [0.29, 0.717) is 17.7 Å². The van der Waals surface area contributed by atoms with Gasteiger partial charge in [0.25, 0.3) is 0 Å². The van der Waals surface area contributed by atoms with Crippen molar-refractivity contribution in [1.82, 2.24) is 4.90 Å². The molecule has 4 nitrogen and oxygen atoms in total. The first-order valence-electron chi connectivity index (χ1n) is 8.56. The summed E-state index contributed by atoms with van der Waals surface area (Å²) in [4.78, 5) is 27.3. The lowest BCUT2D eigenvalue weighted by molar-refractivity contribution is -0.137. The fourth-order valence-corrected chi connectivity index (χ4v) is 4.64. The molecule has 0 saturated carbocycles. The van der Waals surface area contributed by atoms with E-state index in [4.69, 9.17) is 4.74 Å². The Hall–Kier alpha value is -1.84. The lowest BCUT2D eigenvalue weighted by Gasteiger charge is -2.40. The predicted molar refractivity (Wildman–Crippen MR) is 86.6 cm³/mol. The number of hydrogen-bond acceptors (Lipinski definition) is 3. The molecular formula is C19H23NO3. The molecule has 0 aromatic heterocycles. The molecule has 4 heteroatoms. The number of ether oxygens (including phenoxy) is 1. The van der Waals surface area contributed by atoms with Crippen molar-refractivity contribution in [3.05, 3.63) is 29.3 Å². The minimum absolute atomic E-state index is 0.0116. The van der Waals surface area contributed by atoms with Crippen LogP contribution in [0.25, 0.3) is 0 Å². The zero-order valence-electron chi connectivity index (χ0n) is 14.0. The van der Waals surface area contributed by atoms with Gasteiger partial charge in [-0.25, -0.2) is 0 Å². The van der Waals surface area contributed by atoms with E-state index in [9.17, 15) is 9.59 Å². The fraction of sp³-hybridized carbons (Fsp3) is 0.579. The van der Waals surface area contributed by atoms with Crippen LogP contribution in [0.1, 0.15) is 55.5 Å². The van der Waals surface area contributed by atoms with E-state index in [0.717, 1.165) is 24.8 Å². The summed E-state index contributed by atoms with van der Waals surface area (Å²) < 4.78 is 6.39. The standard InChI is InChI=1S/C19H23NO3/c1-11(2)18(22)20-13-5-7-17(20)19(9-13)10-15(21)14-8-12(3)4-6-16(14)23-19/h4,6,8,11,13,17H,5,7,9-10H2,1-3H3/t13-,17+,19-/m1/s1. The molecule has 23 heavy (non-hydrogen) atoms. The SMILES string of the molecule is Cc1ccc2c(c1)C(=O)C[C@@]1(C[C@H]3CC[C@@H]1N3C(=O)C(C)C)O2. The van der Waals surface area contributed by atoms with Crippen LogP contribution < -0.4 is 4.74 Å². The van der Waals surface area contributed by atoms with Crippen LogP contribution in [-0.4, -0.2) is 34.3 Å². The van der Waals surface area contributed by atoms with E-state index in [1.54, 1.807) is 0 Å². The van der Waals surface area contributed by atoms with Crippen molar-refractivity contribution in [2.75, 3.05) is 0 Å². The van der Waals surface area contributed by atoms with E-state index in [1.165, 1.54) is 0 Å². The lowest BCUT2D eigenvalue weighted by Crippen LogP contribution is -2.52. The first-order valence-corrected chi connectivity index (χ1v) is 8.56. The molecule has 0 N–H and O–H groups in total. The highest BCUT2D eigenvalue weighted by Crippen LogP contribution is 2.51. The number of aryl methyl sites for hydroxylation is 1. The third-order valence-electron chi connectivity index (χ3n) is 5.65. The second-order valence-corrected chi connectivity index (χ2v) is 7.62. The topological polar surface area (TPSA) is 46.6 Å². The number of rotatable bonds is 1. The molecule has 1 aromatic carbocycles. The molecule has 1 amide bonds. The quantitative estimate of drug-likeness (QED) is 0.800. The van der Waals surface area contributed by atoms with Gasteiger partial charge in [0.1, 0.15) is 11.4 Å². The van der Waals surface area contributed by atoms with Gasteiger partial charge >= 0.3 is 0 Å². The maximum Gasteiger partial charge on any atom is 0.225 e. The van der Waals surface area contributed by atoms with Crippen molar-refractivity contribution in [2.24, 2.45) is 5.92 Å². The van der Waals surface area contributed by atoms with Crippen LogP contribution in [0.15, 0.2) is 18.2 Å². The zero-order chi connectivity index (χ0) is 16.4. The molecule has 1 spiro atoms. The van der Waals surface area contributed by atoms with Crippen molar-refractivity contribution in [2.45, 2.75) is 64.1 Å². The van der Waals surface area contributed by atoms with Gasteiger partial charge in [-0.1, -0.05) is 25.5 Å². The third kappa shape index (κ3) is 2.03. The molecule has 3 aliphatic rings. The molecule has 1 aromatic rings. The van der Waals surface area contributed by atoms with E-state index in [1.807, 2.05) is 43.9 Å². The molecular weight excluding hydrogens is 290 g/mol. The third-order valence-corrected chi connectivity index (χ3v) is 5.65. The predicted octanol–water partition coefficient (Wildman–Crippen LogP) is 3.12. The van der Waals surface area contributed by atoms with Crippen LogP contribution in [0.5, 0.6) is 5.75 Å². The van der Waals surface area contributed by atoms with Gasteiger partial charge in [-0.2, -0.15) is 0 Å². The van der Waals surface area contributed by atoms with E-state index in [-0.39, 0.29) is 29.7 Å². The van der Waals surface area contributed by atoms with Gasteiger partial charge in [0.2, 0.25) is 5.91 Å². The number of hydrogen-bond donors (Lipinski definition) is 0. The van der Waals surface area contributed by atoms with Crippen molar-refractivity contribution < 1.29 is 14.3 Å². The number of carbonyl (C=O) groups is 2. The van der Waals surface area contributed by atoms with Gasteiger partial charge in [-0.05, 0) is 31.9 Å². The maximum absolute atomic E-state index is 12.7. The molecule has 4 rings (SSSR count). The van der Waals surface area contributed by atoms with Crippen LogP contribution in [0.3, 0.4) is 0 Å². The summed E-state index contributed by atoms with van der Waals surface area (Å²) >= 11 is 0. The van der Waals surface area contributed by atoms with Crippen LogP contribution in [0.2, 0.25) is 0 Å². The molecule has 2 fully saturated rings. The number of nitrogens with zero attached hydrogens (tertiary/aromatic N) is 1. The summed E-state index contributed by atoms with van der Waals surface area (Å²) in [6.07, 6.45) is 3.16. The molecule has 0 radical (unpaired) electrons. The smallest absolute Gasteiger partial charge is 0.225 e. The van der Waals surface area contributed by atoms with Gasteiger partial charge < -0.3 is 9.64 Å². The highest BCUT2D eigenvalue weighted by molar-refractivity contribution is 6.00. The molecule has 3 atom stereocenters. The molecule has 2 saturated heterocycles. The Morgan fingerprint density at radius 1 is 1.35 bits per heavy atom. The monoisotopic (exact) mass is 313 g/mol. The first-order chi connectivity index (χ1) is 10.9. The lowest BCUT2D eigenvalue weighted by atomic mass is 9.78. The summed E-state index contributed by atoms with van der Waals surface area (Å²) in [6, 6.07) is 6.07. The Morgan fingerprint density at radius 3 is 2.87 bits per heavy atom. The summed E-state index contributed by atoms with van der Waals surface area (Å²) in [5, 5.41) is 0. The van der Waals surface area contributed by atoms with Crippen molar-refractivity contribution in [3.8, 4) is 5.75 Å². The minimum atomic E-state index is -0.507. The number of benzene rings is 1. The molecule has 3 aliphatic heterocycles. The highest BCUT2D eigenvalue weighted by Gasteiger charge is 2.61. The van der Waals surface area contributed by atoms with Gasteiger partial charge in [0.15, 0.2) is 5.78 Å². The Morgan fingerprint density at radius 2 is 2.13 bits per heavy atom. The Bertz CT molecular complexity index is 696. The average molecular weight is 313 g/mol. The molecule has 0 unspecified atom stereocenters. The molecule has 0 aliphatic carbocycles. The van der Waals surface area contributed by atoms with E-state index < -0.39 is 5.60 Å². The van der Waals surface area contributed by atoms with Crippen molar-refractivity contribution in [3.63, 3.8) is 0 Å². The summed E-state index contributed by atoms with van der Waals surface area (Å²) in [7, 11) is 0. The van der Waals surface area contributed by atoms with Gasteiger partial charge in [-0.15, -0.1) is 0 Å². The summed E-state index contributed by atoms with van der Waals surface area (Å²) in [5.74, 6) is 1.03. The van der Waals surface area contributed by atoms with Crippen LogP contribution >= 0.6 is 0 Å². The summed E-state index contributed by atoms with van der Waals surface area (Å²) in [6.45, 7) is 5.87. The van der Waals surface area contributed by atoms with Crippen molar-refractivity contribution >= 4 is 11.7 Å². The van der Waals surface area contributed by atoms with Gasteiger partial charge in [0, 0.05) is 18.4 Å². The van der Waals surface area contributed by atoms with Crippen LogP contribution in [0.4, 0.5) is 0 Å². The number of Topliss-reactive ketones (excluding diaryl/α,β-unsaturated/α-hetero) is 1. The fourth-order valence-electron chi connectivity index (χ4n) is 4.64. The second-order valence-electron chi connectivity index (χ2n) is 7.62. The minimum Gasteiger partial charge on any atom is -0.484 e. The van der Waals surface area contributed by atoms with Crippen LogP contribution in [0, 0.1) is 12.8 Å². The maximum atomic E-state index is 12.7. The number of amides is 1. The number of ketones is 1. The summed E-state index contributed by atoms with van der Waals surface area (Å²) in [5.41, 5.74) is 1.26. The highest BCUT2D eigenvalue weighted by atomic mass is 16.5. The Kier molecular flexibility index (Phi) is 3.09. The zero-order valence-corrected chi connectivity index (χ0v) is 14.0. The Labute approximate surface area is 136 Å². The van der Waals surface area contributed by atoms with Gasteiger partial charge in [0.05, 0.1) is 18.0 Å². The van der Waals surface area contributed by atoms with E-state index in [2.05, 4.69) is 0 Å². The second kappa shape index (κ2) is 4.83. The molecule has 2 bridgehead atoms. The molecule has 122 valence electrons. The van der Waals surface area contributed by atoms with E-state index >= 15 is 0 Å². The van der Waals surface area contributed by atoms with Crippen molar-refractivity contribution in [1.29, 1.82) is 0 Å². The number of carbonyl (C=O) groups excluding carboxylic acids is 2. The Balaban J connectivity index is 1.70. The average Bonchev–Trinajstić information content (AvgIpc) is 3.02. The first kappa shape index (κ1) is 14.7. The number of fused-ring (bicyclic) bond motifs is 4. The van der Waals surface area contributed by atoms with Crippen LogP contribution in [-0.2, 0) is 4.79 Å². The van der Waals surface area contributed by atoms with Gasteiger partial charge in [-0.3, -0.25) is 9.59 Å². The largest absolute Gasteiger partial charge is 0.484 e. The molecule has 3 heterocycles. The normalized spacial score (nSPS) is 31.7.